The number of nitrogens with one attached hydrogen (secondary N) is 1. The van der Waals surface area contributed by atoms with Gasteiger partial charge in [-0.15, -0.1) is 0 Å². The summed E-state index contributed by atoms with van der Waals surface area (Å²) in [5, 5.41) is 3.31. The van der Waals surface area contributed by atoms with Crippen LogP contribution in [0.1, 0.15) is 13.8 Å². The molecular weight excluding hydrogens is 188 g/mol. The van der Waals surface area contributed by atoms with Crippen LogP contribution in [0, 0.1) is 0 Å². The molecule has 0 spiro atoms. The van der Waals surface area contributed by atoms with Crippen LogP contribution in [0.15, 0.2) is 18.5 Å². The van der Waals surface area contributed by atoms with Crippen LogP contribution < -0.4 is 11.1 Å². The molecule has 4 nitrogen and oxygen atoms in total. The SMILES string of the molecule is CCN(CC)CCNc1ccncc1N. The van der Waals surface area contributed by atoms with Crippen LogP contribution >= 0.6 is 0 Å². The van der Waals surface area contributed by atoms with Gasteiger partial charge in [0.05, 0.1) is 17.6 Å². The highest BCUT2D eigenvalue weighted by molar-refractivity contribution is 5.64. The van der Waals surface area contributed by atoms with E-state index in [1.807, 2.05) is 6.07 Å². The smallest absolute Gasteiger partial charge is 0.0736 e. The number of pyridine rings is 1. The van der Waals surface area contributed by atoms with E-state index in [9.17, 15) is 0 Å². The van der Waals surface area contributed by atoms with Crippen molar-refractivity contribution in [3.05, 3.63) is 18.5 Å². The molecule has 3 N–H and O–H groups in total. The summed E-state index contributed by atoms with van der Waals surface area (Å²) < 4.78 is 0. The quantitative estimate of drug-likeness (QED) is 0.742. The van der Waals surface area contributed by atoms with Crippen molar-refractivity contribution in [1.82, 2.24) is 9.88 Å². The molecule has 0 bridgehead atoms. The van der Waals surface area contributed by atoms with Crippen LogP contribution in [0.25, 0.3) is 0 Å². The fourth-order valence-corrected chi connectivity index (χ4v) is 1.46. The Morgan fingerprint density at radius 3 is 2.73 bits per heavy atom. The van der Waals surface area contributed by atoms with E-state index in [0.717, 1.165) is 31.9 Å². The minimum atomic E-state index is 0.706. The van der Waals surface area contributed by atoms with Crippen LogP contribution in [0.4, 0.5) is 11.4 Å². The zero-order valence-corrected chi connectivity index (χ0v) is 9.53. The Bertz CT molecular complexity index is 284. The third kappa shape index (κ3) is 3.75. The predicted octanol–water partition coefficient (Wildman–Crippen LogP) is 1.42. The Morgan fingerprint density at radius 2 is 2.13 bits per heavy atom. The summed E-state index contributed by atoms with van der Waals surface area (Å²) in [5.41, 5.74) is 7.44. The van der Waals surface area contributed by atoms with Gasteiger partial charge in [0.25, 0.3) is 0 Å². The lowest BCUT2D eigenvalue weighted by Crippen LogP contribution is -2.28. The van der Waals surface area contributed by atoms with Crippen LogP contribution in [-0.2, 0) is 0 Å². The highest BCUT2D eigenvalue weighted by Crippen LogP contribution is 2.14. The largest absolute Gasteiger partial charge is 0.396 e. The Kier molecular flexibility index (Phi) is 4.90. The Balaban J connectivity index is 2.34. The molecule has 0 unspecified atom stereocenters. The zero-order chi connectivity index (χ0) is 11.1. The number of hydrogen-bond donors (Lipinski definition) is 2. The molecule has 0 amide bonds. The van der Waals surface area contributed by atoms with Crippen molar-refractivity contribution in [1.29, 1.82) is 0 Å². The first-order valence-corrected chi connectivity index (χ1v) is 5.43. The van der Waals surface area contributed by atoms with Gasteiger partial charge in [0.2, 0.25) is 0 Å². The van der Waals surface area contributed by atoms with Gasteiger partial charge in [-0.25, -0.2) is 0 Å². The maximum Gasteiger partial charge on any atom is 0.0736 e. The number of anilines is 2. The lowest BCUT2D eigenvalue weighted by atomic mass is 10.3. The molecule has 84 valence electrons. The minimum absolute atomic E-state index is 0.706. The van der Waals surface area contributed by atoms with Gasteiger partial charge in [-0.2, -0.15) is 0 Å². The molecule has 0 aromatic carbocycles. The molecular formula is C11H20N4. The Labute approximate surface area is 91.5 Å². The van der Waals surface area contributed by atoms with Crippen molar-refractivity contribution >= 4 is 11.4 Å². The summed E-state index contributed by atoms with van der Waals surface area (Å²) in [6.45, 7) is 8.47. The summed E-state index contributed by atoms with van der Waals surface area (Å²) in [6.07, 6.45) is 3.41. The number of rotatable bonds is 6. The van der Waals surface area contributed by atoms with Gasteiger partial charge in [0.15, 0.2) is 0 Å². The Hall–Kier alpha value is -1.29. The fourth-order valence-electron chi connectivity index (χ4n) is 1.46. The number of hydrogen-bond acceptors (Lipinski definition) is 4. The van der Waals surface area contributed by atoms with E-state index in [2.05, 4.69) is 29.0 Å². The van der Waals surface area contributed by atoms with Gasteiger partial charge in [-0.3, -0.25) is 4.98 Å². The molecule has 0 aliphatic carbocycles. The van der Waals surface area contributed by atoms with E-state index >= 15 is 0 Å². The number of nitrogens with two attached hydrogens (primary N) is 1. The van der Waals surface area contributed by atoms with Gasteiger partial charge in [0, 0.05) is 19.3 Å². The van der Waals surface area contributed by atoms with E-state index in [1.165, 1.54) is 0 Å². The van der Waals surface area contributed by atoms with Crippen LogP contribution in [0.5, 0.6) is 0 Å². The van der Waals surface area contributed by atoms with Crippen LogP contribution in [-0.4, -0.2) is 36.1 Å². The molecule has 0 aliphatic heterocycles. The van der Waals surface area contributed by atoms with Crippen molar-refractivity contribution in [2.45, 2.75) is 13.8 Å². The fraction of sp³-hybridized carbons (Fsp3) is 0.545. The number of aromatic nitrogens is 1. The number of likely N-dealkylation sites (N-methyl/N-ethyl adjacent to an activating group) is 1. The monoisotopic (exact) mass is 208 g/mol. The summed E-state index contributed by atoms with van der Waals surface area (Å²) in [5.74, 6) is 0. The average molecular weight is 208 g/mol. The third-order valence-electron chi connectivity index (χ3n) is 2.49. The molecule has 1 rings (SSSR count). The molecule has 0 atom stereocenters. The van der Waals surface area contributed by atoms with Gasteiger partial charge < -0.3 is 16.0 Å². The van der Waals surface area contributed by atoms with E-state index in [4.69, 9.17) is 5.73 Å². The second-order valence-electron chi connectivity index (χ2n) is 3.42. The molecule has 1 aromatic heterocycles. The summed E-state index contributed by atoms with van der Waals surface area (Å²) >= 11 is 0. The minimum Gasteiger partial charge on any atom is -0.396 e. The van der Waals surface area contributed by atoms with Crippen LogP contribution in [0.3, 0.4) is 0 Å². The lowest BCUT2D eigenvalue weighted by molar-refractivity contribution is 0.316. The Morgan fingerprint density at radius 1 is 1.40 bits per heavy atom. The standard InChI is InChI=1S/C11H20N4/c1-3-15(4-2)8-7-14-11-5-6-13-9-10(11)12/h5-6,9H,3-4,7-8,12H2,1-2H3,(H,13,14). The average Bonchev–Trinajstić information content (AvgIpc) is 2.27. The molecule has 0 saturated heterocycles. The van der Waals surface area contributed by atoms with Gasteiger partial charge >= 0.3 is 0 Å². The third-order valence-corrected chi connectivity index (χ3v) is 2.49. The molecule has 0 saturated carbocycles. The first-order valence-electron chi connectivity index (χ1n) is 5.43. The highest BCUT2D eigenvalue weighted by atomic mass is 15.1. The van der Waals surface area contributed by atoms with Crippen molar-refractivity contribution < 1.29 is 0 Å². The van der Waals surface area contributed by atoms with E-state index < -0.39 is 0 Å². The van der Waals surface area contributed by atoms with Crippen molar-refractivity contribution in [2.24, 2.45) is 0 Å². The highest BCUT2D eigenvalue weighted by Gasteiger charge is 1.99. The van der Waals surface area contributed by atoms with Gasteiger partial charge in [-0.05, 0) is 19.2 Å². The molecule has 4 heteroatoms. The molecule has 1 aromatic rings. The van der Waals surface area contributed by atoms with E-state index in [-0.39, 0.29) is 0 Å². The van der Waals surface area contributed by atoms with E-state index in [1.54, 1.807) is 12.4 Å². The molecule has 0 fully saturated rings. The summed E-state index contributed by atoms with van der Waals surface area (Å²) in [7, 11) is 0. The predicted molar refractivity (Wildman–Crippen MR) is 64.9 cm³/mol. The lowest BCUT2D eigenvalue weighted by Gasteiger charge is -2.18. The molecule has 0 aliphatic rings. The zero-order valence-electron chi connectivity index (χ0n) is 9.53. The number of nitrogen functional groups attached to an aromatic ring is 1. The topological polar surface area (TPSA) is 54.2 Å². The maximum atomic E-state index is 5.76. The first kappa shape index (κ1) is 11.8. The normalized spacial score (nSPS) is 10.6. The molecule has 1 heterocycles. The molecule has 15 heavy (non-hydrogen) atoms. The number of nitrogens with zero attached hydrogens (tertiary/aromatic N) is 2. The first-order chi connectivity index (χ1) is 7.27. The van der Waals surface area contributed by atoms with Gasteiger partial charge in [0.1, 0.15) is 0 Å². The van der Waals surface area contributed by atoms with Crippen molar-refractivity contribution in [3.63, 3.8) is 0 Å². The molecule has 0 radical (unpaired) electrons. The van der Waals surface area contributed by atoms with Crippen molar-refractivity contribution in [3.8, 4) is 0 Å². The second-order valence-corrected chi connectivity index (χ2v) is 3.42. The summed E-state index contributed by atoms with van der Waals surface area (Å²) in [6, 6.07) is 1.90. The second kappa shape index (κ2) is 6.24. The van der Waals surface area contributed by atoms with Crippen molar-refractivity contribution in [2.75, 3.05) is 37.2 Å². The van der Waals surface area contributed by atoms with Crippen LogP contribution in [0.2, 0.25) is 0 Å². The van der Waals surface area contributed by atoms with Gasteiger partial charge in [-0.1, -0.05) is 13.8 Å². The van der Waals surface area contributed by atoms with E-state index in [0.29, 0.717) is 5.69 Å². The maximum absolute atomic E-state index is 5.76. The summed E-state index contributed by atoms with van der Waals surface area (Å²) in [4.78, 5) is 6.31.